The lowest BCUT2D eigenvalue weighted by Crippen LogP contribution is -2.42. The number of phenols is 1. The summed E-state index contributed by atoms with van der Waals surface area (Å²) in [6.07, 6.45) is 3.88. The van der Waals surface area contributed by atoms with Crippen LogP contribution in [0.3, 0.4) is 0 Å². The lowest BCUT2D eigenvalue weighted by molar-refractivity contribution is -0.121. The van der Waals surface area contributed by atoms with Crippen molar-refractivity contribution >= 4 is 5.91 Å². The van der Waals surface area contributed by atoms with Crippen LogP contribution in [0.4, 0.5) is 0 Å². The summed E-state index contributed by atoms with van der Waals surface area (Å²) < 4.78 is 5.70. The average Bonchev–Trinajstić information content (AvgIpc) is 3.10. The Kier molecular flexibility index (Phi) is 3.42. The molecule has 1 heterocycles. The third-order valence-corrected chi connectivity index (χ3v) is 3.84. The number of ether oxygens (including phenoxy) is 1. The first-order valence-corrected chi connectivity index (χ1v) is 6.91. The van der Waals surface area contributed by atoms with E-state index >= 15 is 0 Å². The van der Waals surface area contributed by atoms with Gasteiger partial charge in [0.15, 0.2) is 0 Å². The predicted octanol–water partition coefficient (Wildman–Crippen LogP) is 1.62. The molecule has 1 aromatic carbocycles. The van der Waals surface area contributed by atoms with Crippen LogP contribution in [0.5, 0.6) is 5.75 Å². The van der Waals surface area contributed by atoms with E-state index in [1.54, 1.807) is 18.2 Å². The molecule has 2 unspecified atom stereocenters. The second kappa shape index (κ2) is 5.21. The predicted molar refractivity (Wildman–Crippen MR) is 70.8 cm³/mol. The van der Waals surface area contributed by atoms with Crippen molar-refractivity contribution < 1.29 is 14.6 Å². The lowest BCUT2D eigenvalue weighted by Gasteiger charge is -2.19. The first-order valence-electron chi connectivity index (χ1n) is 6.91. The molecular formula is C15H19NO3. The number of carbonyl (C=O) groups excluding carboxylic acids is 1. The number of benzene rings is 1. The molecule has 0 bridgehead atoms. The van der Waals surface area contributed by atoms with Gasteiger partial charge in [0, 0.05) is 6.61 Å². The van der Waals surface area contributed by atoms with Crippen LogP contribution in [-0.4, -0.2) is 29.8 Å². The van der Waals surface area contributed by atoms with Crippen LogP contribution in [0.25, 0.3) is 0 Å². The summed E-state index contributed by atoms with van der Waals surface area (Å²) in [4.78, 5) is 12.0. The third-order valence-electron chi connectivity index (χ3n) is 3.84. The van der Waals surface area contributed by atoms with E-state index in [1.165, 1.54) is 12.8 Å². The maximum atomic E-state index is 12.0. The lowest BCUT2D eigenvalue weighted by atomic mass is 10.1. The van der Waals surface area contributed by atoms with Crippen LogP contribution in [0.2, 0.25) is 0 Å². The van der Waals surface area contributed by atoms with Crippen LogP contribution in [0.15, 0.2) is 24.3 Å². The Morgan fingerprint density at radius 1 is 1.37 bits per heavy atom. The van der Waals surface area contributed by atoms with E-state index in [2.05, 4.69) is 5.32 Å². The number of phenolic OH excluding ortho intramolecular Hbond substituents is 1. The minimum absolute atomic E-state index is 0.00625. The maximum absolute atomic E-state index is 12.0. The van der Waals surface area contributed by atoms with Crippen molar-refractivity contribution in [2.75, 3.05) is 6.61 Å². The van der Waals surface area contributed by atoms with E-state index in [9.17, 15) is 9.90 Å². The zero-order chi connectivity index (χ0) is 13.2. The number of aromatic hydroxyl groups is 1. The standard InChI is InChI=1S/C15H19NO3/c17-12-3-1-2-10(8-12)9-14(18)16-13-6-7-19-15(13)11-4-5-11/h1-3,8,11,13,15,17H,4-7,9H2,(H,16,18). The highest BCUT2D eigenvalue weighted by molar-refractivity contribution is 5.79. The van der Waals surface area contributed by atoms with Crippen LogP contribution in [0.1, 0.15) is 24.8 Å². The molecule has 1 aromatic rings. The molecule has 0 aromatic heterocycles. The number of hydrogen-bond donors (Lipinski definition) is 2. The normalized spacial score (nSPS) is 26.3. The zero-order valence-electron chi connectivity index (χ0n) is 10.8. The molecule has 2 aliphatic rings. The summed E-state index contributed by atoms with van der Waals surface area (Å²) in [5, 5.41) is 12.5. The molecule has 1 amide bonds. The highest BCUT2D eigenvalue weighted by Gasteiger charge is 2.41. The topological polar surface area (TPSA) is 58.6 Å². The maximum Gasteiger partial charge on any atom is 0.224 e. The Bertz CT molecular complexity index is 470. The molecule has 19 heavy (non-hydrogen) atoms. The fourth-order valence-electron chi connectivity index (χ4n) is 2.76. The minimum Gasteiger partial charge on any atom is -0.508 e. The fraction of sp³-hybridized carbons (Fsp3) is 0.533. The van der Waals surface area contributed by atoms with Gasteiger partial charge in [-0.05, 0) is 42.9 Å². The summed E-state index contributed by atoms with van der Waals surface area (Å²) in [5.41, 5.74) is 0.833. The summed E-state index contributed by atoms with van der Waals surface area (Å²) in [7, 11) is 0. The second-order valence-electron chi connectivity index (χ2n) is 5.48. The van der Waals surface area contributed by atoms with Crippen molar-refractivity contribution in [3.05, 3.63) is 29.8 Å². The summed E-state index contributed by atoms with van der Waals surface area (Å²) in [6.45, 7) is 0.748. The van der Waals surface area contributed by atoms with Gasteiger partial charge in [-0.2, -0.15) is 0 Å². The van der Waals surface area contributed by atoms with Gasteiger partial charge in [-0.1, -0.05) is 12.1 Å². The molecule has 2 N–H and O–H groups in total. The summed E-state index contributed by atoms with van der Waals surface area (Å²) >= 11 is 0. The van der Waals surface area contributed by atoms with Gasteiger partial charge in [0.2, 0.25) is 5.91 Å². The number of nitrogens with one attached hydrogen (secondary N) is 1. The van der Waals surface area contributed by atoms with E-state index in [-0.39, 0.29) is 23.8 Å². The molecule has 3 rings (SSSR count). The van der Waals surface area contributed by atoms with E-state index in [0.717, 1.165) is 18.6 Å². The molecule has 102 valence electrons. The van der Waals surface area contributed by atoms with Crippen molar-refractivity contribution in [3.63, 3.8) is 0 Å². The van der Waals surface area contributed by atoms with E-state index in [4.69, 9.17) is 4.74 Å². The quantitative estimate of drug-likeness (QED) is 0.866. The van der Waals surface area contributed by atoms with Gasteiger partial charge in [-0.25, -0.2) is 0 Å². The Hall–Kier alpha value is -1.55. The van der Waals surface area contributed by atoms with Crippen LogP contribution in [-0.2, 0) is 16.0 Å². The van der Waals surface area contributed by atoms with Gasteiger partial charge in [0.1, 0.15) is 5.75 Å². The first-order chi connectivity index (χ1) is 9.22. The van der Waals surface area contributed by atoms with Gasteiger partial charge in [0.05, 0.1) is 18.6 Å². The molecule has 4 heteroatoms. The number of hydrogen-bond acceptors (Lipinski definition) is 3. The smallest absolute Gasteiger partial charge is 0.224 e. The molecule has 0 spiro atoms. The Labute approximate surface area is 112 Å². The van der Waals surface area contributed by atoms with Crippen molar-refractivity contribution in [1.29, 1.82) is 0 Å². The molecule has 1 aliphatic carbocycles. The minimum atomic E-state index is 0.00625. The number of amides is 1. The summed E-state index contributed by atoms with van der Waals surface area (Å²) in [6, 6.07) is 7.00. The number of carbonyl (C=O) groups is 1. The van der Waals surface area contributed by atoms with E-state index in [1.807, 2.05) is 6.07 Å². The molecule has 2 fully saturated rings. The van der Waals surface area contributed by atoms with Crippen molar-refractivity contribution in [1.82, 2.24) is 5.32 Å². The molecule has 2 atom stereocenters. The molecule has 0 radical (unpaired) electrons. The fourth-order valence-corrected chi connectivity index (χ4v) is 2.76. The summed E-state index contributed by atoms with van der Waals surface area (Å²) in [5.74, 6) is 0.852. The van der Waals surface area contributed by atoms with Crippen molar-refractivity contribution in [2.24, 2.45) is 5.92 Å². The van der Waals surface area contributed by atoms with Crippen LogP contribution in [0, 0.1) is 5.92 Å². The molecule has 1 saturated carbocycles. The SMILES string of the molecule is O=C(Cc1cccc(O)c1)NC1CCOC1C1CC1. The molecular weight excluding hydrogens is 242 g/mol. The van der Waals surface area contributed by atoms with Gasteiger partial charge in [-0.15, -0.1) is 0 Å². The average molecular weight is 261 g/mol. The second-order valence-corrected chi connectivity index (χ2v) is 5.48. The number of rotatable bonds is 4. The monoisotopic (exact) mass is 261 g/mol. The largest absolute Gasteiger partial charge is 0.508 e. The van der Waals surface area contributed by atoms with Crippen molar-refractivity contribution in [3.8, 4) is 5.75 Å². The third kappa shape index (κ3) is 3.07. The Morgan fingerprint density at radius 3 is 2.95 bits per heavy atom. The molecule has 1 aliphatic heterocycles. The van der Waals surface area contributed by atoms with Crippen LogP contribution < -0.4 is 5.32 Å². The van der Waals surface area contributed by atoms with Gasteiger partial charge in [0.25, 0.3) is 0 Å². The first kappa shape index (κ1) is 12.5. The van der Waals surface area contributed by atoms with Crippen LogP contribution >= 0.6 is 0 Å². The van der Waals surface area contributed by atoms with E-state index in [0.29, 0.717) is 12.3 Å². The Balaban J connectivity index is 1.56. The van der Waals surface area contributed by atoms with Gasteiger partial charge >= 0.3 is 0 Å². The zero-order valence-corrected chi connectivity index (χ0v) is 10.8. The van der Waals surface area contributed by atoms with Gasteiger partial charge < -0.3 is 15.2 Å². The Morgan fingerprint density at radius 2 is 2.21 bits per heavy atom. The highest BCUT2D eigenvalue weighted by atomic mass is 16.5. The molecule has 4 nitrogen and oxygen atoms in total. The molecule has 1 saturated heterocycles. The van der Waals surface area contributed by atoms with Crippen molar-refractivity contribution in [2.45, 2.75) is 37.8 Å². The van der Waals surface area contributed by atoms with E-state index < -0.39 is 0 Å². The highest BCUT2D eigenvalue weighted by Crippen LogP contribution is 2.38. The van der Waals surface area contributed by atoms with Gasteiger partial charge in [-0.3, -0.25) is 4.79 Å².